The molecule has 4 heteroatoms. The Morgan fingerprint density at radius 1 is 1.36 bits per heavy atom. The Kier molecular flexibility index (Phi) is 6.80. The van der Waals surface area contributed by atoms with E-state index in [-0.39, 0.29) is 5.78 Å². The molecule has 0 fully saturated rings. The number of ketones is 1. The second-order valence-electron chi connectivity index (χ2n) is 3.21. The standard InChI is InChI=1S/C10H19NO3/c1-4-6-7-14-10(13)11-9(5-2)8(3)12/h9H,4-7H2,1-3H3,(H,11,13). The molecule has 0 aliphatic carbocycles. The van der Waals surface area contributed by atoms with E-state index in [1.807, 2.05) is 13.8 Å². The van der Waals surface area contributed by atoms with Crippen LogP contribution in [0.2, 0.25) is 0 Å². The molecule has 0 bridgehead atoms. The highest BCUT2D eigenvalue weighted by Gasteiger charge is 2.14. The molecule has 1 atom stereocenters. The van der Waals surface area contributed by atoms with Gasteiger partial charge in [0.2, 0.25) is 0 Å². The van der Waals surface area contributed by atoms with Crippen molar-refractivity contribution in [1.82, 2.24) is 5.32 Å². The van der Waals surface area contributed by atoms with Crippen LogP contribution in [-0.2, 0) is 9.53 Å². The summed E-state index contributed by atoms with van der Waals surface area (Å²) in [5.74, 6) is -0.0417. The molecule has 1 unspecified atom stereocenters. The Balaban J connectivity index is 3.74. The smallest absolute Gasteiger partial charge is 0.407 e. The normalized spacial score (nSPS) is 11.9. The summed E-state index contributed by atoms with van der Waals surface area (Å²) in [5, 5.41) is 2.51. The molecule has 0 radical (unpaired) electrons. The van der Waals surface area contributed by atoms with Crippen LogP contribution in [0.1, 0.15) is 40.0 Å². The second kappa shape index (κ2) is 7.35. The van der Waals surface area contributed by atoms with Crippen LogP contribution in [0.25, 0.3) is 0 Å². The highest BCUT2D eigenvalue weighted by molar-refractivity contribution is 5.85. The van der Waals surface area contributed by atoms with E-state index in [0.29, 0.717) is 13.0 Å². The van der Waals surface area contributed by atoms with Crippen LogP contribution in [0.3, 0.4) is 0 Å². The van der Waals surface area contributed by atoms with Gasteiger partial charge in [-0.1, -0.05) is 20.3 Å². The van der Waals surface area contributed by atoms with Crippen LogP contribution in [0.5, 0.6) is 0 Å². The van der Waals surface area contributed by atoms with E-state index in [4.69, 9.17) is 4.74 Å². The van der Waals surface area contributed by atoms with Gasteiger partial charge < -0.3 is 10.1 Å². The Morgan fingerprint density at radius 2 is 2.00 bits per heavy atom. The van der Waals surface area contributed by atoms with Crippen molar-refractivity contribution in [3.8, 4) is 0 Å². The summed E-state index contributed by atoms with van der Waals surface area (Å²) in [6.07, 6.45) is 1.93. The third kappa shape index (κ3) is 5.56. The molecule has 0 aliphatic rings. The lowest BCUT2D eigenvalue weighted by molar-refractivity contribution is -0.118. The van der Waals surface area contributed by atoms with Gasteiger partial charge in [-0.3, -0.25) is 4.79 Å². The van der Waals surface area contributed by atoms with Crippen LogP contribution in [0.15, 0.2) is 0 Å². The van der Waals surface area contributed by atoms with Crippen LogP contribution >= 0.6 is 0 Å². The predicted molar refractivity (Wildman–Crippen MR) is 54.2 cm³/mol. The molecule has 0 saturated carbocycles. The Hall–Kier alpha value is -1.06. The molecule has 0 aromatic rings. The summed E-state index contributed by atoms with van der Waals surface area (Å²) in [6, 6.07) is -0.413. The van der Waals surface area contributed by atoms with Crippen molar-refractivity contribution in [2.75, 3.05) is 6.61 Å². The molecule has 0 aliphatic heterocycles. The maximum atomic E-state index is 11.1. The van der Waals surface area contributed by atoms with E-state index in [9.17, 15) is 9.59 Å². The monoisotopic (exact) mass is 201 g/mol. The topological polar surface area (TPSA) is 55.4 Å². The number of carbonyl (C=O) groups excluding carboxylic acids is 2. The lowest BCUT2D eigenvalue weighted by Gasteiger charge is -2.13. The summed E-state index contributed by atoms with van der Waals surface area (Å²) in [7, 11) is 0. The van der Waals surface area contributed by atoms with Gasteiger partial charge in [0, 0.05) is 0 Å². The fraction of sp³-hybridized carbons (Fsp3) is 0.800. The minimum absolute atomic E-state index is 0.0417. The Bertz CT molecular complexity index is 192. The number of alkyl carbamates (subject to hydrolysis) is 1. The third-order valence-corrected chi connectivity index (χ3v) is 1.92. The maximum absolute atomic E-state index is 11.1. The molecular formula is C10H19NO3. The zero-order valence-electron chi connectivity index (χ0n) is 9.13. The van der Waals surface area contributed by atoms with Crippen molar-refractivity contribution in [2.24, 2.45) is 0 Å². The number of carbonyl (C=O) groups is 2. The lowest BCUT2D eigenvalue weighted by Crippen LogP contribution is -2.39. The van der Waals surface area contributed by atoms with Crippen molar-refractivity contribution >= 4 is 11.9 Å². The first kappa shape index (κ1) is 12.9. The second-order valence-corrected chi connectivity index (χ2v) is 3.21. The first-order valence-corrected chi connectivity index (χ1v) is 5.05. The third-order valence-electron chi connectivity index (χ3n) is 1.92. The van der Waals surface area contributed by atoms with E-state index < -0.39 is 12.1 Å². The zero-order valence-corrected chi connectivity index (χ0v) is 9.13. The summed E-state index contributed by atoms with van der Waals surface area (Å²) in [6.45, 7) is 5.74. The number of ether oxygens (including phenoxy) is 1. The van der Waals surface area contributed by atoms with E-state index in [1.54, 1.807) is 0 Å². The number of unbranched alkanes of at least 4 members (excludes halogenated alkanes) is 1. The number of amides is 1. The lowest BCUT2D eigenvalue weighted by atomic mass is 10.1. The van der Waals surface area contributed by atoms with Gasteiger partial charge in [-0.25, -0.2) is 4.79 Å². The highest BCUT2D eigenvalue weighted by atomic mass is 16.5. The molecule has 0 heterocycles. The molecule has 82 valence electrons. The van der Waals surface area contributed by atoms with E-state index in [1.165, 1.54) is 6.92 Å². The highest BCUT2D eigenvalue weighted by Crippen LogP contribution is 1.94. The SMILES string of the molecule is CCCCOC(=O)NC(CC)C(C)=O. The molecule has 0 spiro atoms. The molecule has 1 N–H and O–H groups in total. The summed E-state index contributed by atoms with van der Waals surface area (Å²) < 4.78 is 4.86. The van der Waals surface area contributed by atoms with Gasteiger partial charge in [-0.15, -0.1) is 0 Å². The first-order valence-electron chi connectivity index (χ1n) is 5.05. The molecule has 1 amide bonds. The minimum atomic E-state index is -0.500. The summed E-state index contributed by atoms with van der Waals surface area (Å²) in [5.41, 5.74) is 0. The average Bonchev–Trinajstić information content (AvgIpc) is 2.14. The van der Waals surface area contributed by atoms with E-state index in [2.05, 4.69) is 5.32 Å². The fourth-order valence-corrected chi connectivity index (χ4v) is 0.984. The summed E-state index contributed by atoms with van der Waals surface area (Å²) >= 11 is 0. The van der Waals surface area contributed by atoms with Crippen molar-refractivity contribution < 1.29 is 14.3 Å². The predicted octanol–water partition coefficient (Wildman–Crippen LogP) is 1.88. The van der Waals surface area contributed by atoms with E-state index >= 15 is 0 Å². The quantitative estimate of drug-likeness (QED) is 0.667. The average molecular weight is 201 g/mol. The van der Waals surface area contributed by atoms with Crippen LogP contribution in [-0.4, -0.2) is 24.5 Å². The van der Waals surface area contributed by atoms with Crippen LogP contribution in [0, 0.1) is 0 Å². The van der Waals surface area contributed by atoms with Gasteiger partial charge in [-0.05, 0) is 19.8 Å². The van der Waals surface area contributed by atoms with Gasteiger partial charge in [0.25, 0.3) is 0 Å². The molecule has 0 aromatic carbocycles. The number of hydrogen-bond donors (Lipinski definition) is 1. The Morgan fingerprint density at radius 3 is 2.43 bits per heavy atom. The molecule has 4 nitrogen and oxygen atoms in total. The van der Waals surface area contributed by atoms with Gasteiger partial charge in [0.15, 0.2) is 5.78 Å². The molecule has 14 heavy (non-hydrogen) atoms. The minimum Gasteiger partial charge on any atom is -0.450 e. The first-order chi connectivity index (χ1) is 6.61. The number of nitrogens with one attached hydrogen (secondary N) is 1. The van der Waals surface area contributed by atoms with Crippen molar-refractivity contribution in [3.05, 3.63) is 0 Å². The summed E-state index contributed by atoms with van der Waals surface area (Å²) in [4.78, 5) is 22.1. The molecule has 0 aromatic heterocycles. The number of rotatable bonds is 6. The molecule has 0 saturated heterocycles. The van der Waals surface area contributed by atoms with Crippen LogP contribution in [0.4, 0.5) is 4.79 Å². The van der Waals surface area contributed by atoms with Gasteiger partial charge in [0.1, 0.15) is 0 Å². The number of hydrogen-bond acceptors (Lipinski definition) is 3. The van der Waals surface area contributed by atoms with Crippen molar-refractivity contribution in [2.45, 2.75) is 46.1 Å². The van der Waals surface area contributed by atoms with E-state index in [0.717, 1.165) is 12.8 Å². The van der Waals surface area contributed by atoms with Gasteiger partial charge >= 0.3 is 6.09 Å². The molecular weight excluding hydrogens is 182 g/mol. The Labute approximate surface area is 85.0 Å². The maximum Gasteiger partial charge on any atom is 0.407 e. The van der Waals surface area contributed by atoms with Gasteiger partial charge in [0.05, 0.1) is 12.6 Å². The van der Waals surface area contributed by atoms with Gasteiger partial charge in [-0.2, -0.15) is 0 Å². The fourth-order valence-electron chi connectivity index (χ4n) is 0.984. The number of Topliss-reactive ketones (excluding diaryl/α,β-unsaturated/α-hetero) is 1. The largest absolute Gasteiger partial charge is 0.450 e. The zero-order chi connectivity index (χ0) is 11.0. The molecule has 0 rings (SSSR count). The van der Waals surface area contributed by atoms with Crippen LogP contribution < -0.4 is 5.32 Å². The van der Waals surface area contributed by atoms with Crippen molar-refractivity contribution in [3.63, 3.8) is 0 Å². The van der Waals surface area contributed by atoms with Crippen molar-refractivity contribution in [1.29, 1.82) is 0 Å².